The average molecular weight is 459 g/mol. The summed E-state index contributed by atoms with van der Waals surface area (Å²) in [5.74, 6) is -1.46. The predicted molar refractivity (Wildman–Crippen MR) is 107 cm³/mol. The average Bonchev–Trinajstić information content (AvgIpc) is 2.70. The van der Waals surface area contributed by atoms with Gasteiger partial charge < -0.3 is 20.3 Å². The van der Waals surface area contributed by atoms with Crippen molar-refractivity contribution in [3.8, 4) is 5.75 Å². The lowest BCUT2D eigenvalue weighted by Gasteiger charge is -2.14. The number of rotatable bonds is 7. The molecular formula is C17H14ClF2N4O5P. The summed E-state index contributed by atoms with van der Waals surface area (Å²) in [6, 6.07) is 6.87. The number of nitrogens with zero attached hydrogens (tertiary/aromatic N) is 2. The molecule has 2 unspecified atom stereocenters. The number of ether oxygens (including phenoxy) is 1. The topological polar surface area (TPSA) is 123 Å². The van der Waals surface area contributed by atoms with Crippen molar-refractivity contribution in [2.24, 2.45) is 0 Å². The molecule has 30 heavy (non-hydrogen) atoms. The molecule has 0 fully saturated rings. The van der Waals surface area contributed by atoms with Gasteiger partial charge in [0, 0.05) is 17.1 Å². The second-order valence-electron chi connectivity index (χ2n) is 5.73. The highest BCUT2D eigenvalue weighted by Crippen LogP contribution is 2.34. The lowest BCUT2D eigenvalue weighted by molar-refractivity contribution is -0.130. The van der Waals surface area contributed by atoms with Crippen molar-refractivity contribution >= 4 is 53.9 Å². The predicted octanol–water partition coefficient (Wildman–Crippen LogP) is 3.81. The highest BCUT2D eigenvalue weighted by atomic mass is 35.5. The number of halogens is 3. The lowest BCUT2D eigenvalue weighted by Crippen LogP contribution is -2.25. The van der Waals surface area contributed by atoms with Crippen molar-refractivity contribution in [1.82, 2.24) is 9.97 Å². The third-order valence-electron chi connectivity index (χ3n) is 3.81. The Kier molecular flexibility index (Phi) is 6.78. The van der Waals surface area contributed by atoms with Crippen molar-refractivity contribution in [2.45, 2.75) is 6.36 Å². The summed E-state index contributed by atoms with van der Waals surface area (Å²) in [6.45, 7) is 0. The van der Waals surface area contributed by atoms with Gasteiger partial charge in [-0.2, -0.15) is 0 Å². The first-order valence-electron chi connectivity index (χ1n) is 8.18. The maximum absolute atomic E-state index is 13.6. The van der Waals surface area contributed by atoms with E-state index < -0.39 is 26.3 Å². The second-order valence-corrected chi connectivity index (χ2v) is 6.91. The number of methoxy groups -OCH3 is 1. The van der Waals surface area contributed by atoms with Gasteiger partial charge >= 0.3 is 8.25 Å². The Hall–Kier alpha value is -2.85. The number of carbonyl (C=O) groups is 1. The Morgan fingerprint density at radius 1 is 1.30 bits per heavy atom. The van der Waals surface area contributed by atoms with E-state index in [9.17, 15) is 18.1 Å². The molecule has 9 nitrogen and oxygen atoms in total. The van der Waals surface area contributed by atoms with E-state index in [-0.39, 0.29) is 22.3 Å². The molecule has 1 heterocycles. The van der Waals surface area contributed by atoms with Gasteiger partial charge in [-0.1, -0.05) is 11.6 Å². The Labute approximate surface area is 173 Å². The van der Waals surface area contributed by atoms with Crippen LogP contribution >= 0.6 is 19.9 Å². The number of fused-ring (bicyclic) bond motifs is 1. The third-order valence-corrected chi connectivity index (χ3v) is 4.51. The summed E-state index contributed by atoms with van der Waals surface area (Å²) in [5.41, 5.74) is 0.894. The molecule has 0 radical (unpaired) electrons. The molecule has 1 amide bonds. The van der Waals surface area contributed by atoms with Gasteiger partial charge in [-0.25, -0.2) is 18.7 Å². The zero-order chi connectivity index (χ0) is 21.8. The molecule has 158 valence electrons. The Balaban J connectivity index is 1.98. The van der Waals surface area contributed by atoms with Crippen LogP contribution in [0.3, 0.4) is 0 Å². The summed E-state index contributed by atoms with van der Waals surface area (Å²) in [6.07, 6.45) is -1.38. The minimum absolute atomic E-state index is 0.0360. The molecule has 0 spiro atoms. The van der Waals surface area contributed by atoms with Gasteiger partial charge in [-0.15, -0.1) is 0 Å². The molecule has 13 heteroatoms. The molecule has 2 aromatic carbocycles. The van der Waals surface area contributed by atoms with Gasteiger partial charge in [0.15, 0.2) is 0 Å². The molecule has 3 N–H and O–H groups in total. The van der Waals surface area contributed by atoms with Crippen molar-refractivity contribution in [1.29, 1.82) is 0 Å². The van der Waals surface area contributed by atoms with E-state index in [0.717, 1.165) is 0 Å². The van der Waals surface area contributed by atoms with Crippen molar-refractivity contribution in [2.75, 3.05) is 17.7 Å². The number of hydrogen-bond acceptors (Lipinski definition) is 7. The molecule has 2 atom stereocenters. The Morgan fingerprint density at radius 2 is 2.07 bits per heavy atom. The van der Waals surface area contributed by atoms with Gasteiger partial charge in [0.1, 0.15) is 23.7 Å². The van der Waals surface area contributed by atoms with E-state index >= 15 is 0 Å². The van der Waals surface area contributed by atoms with E-state index in [0.29, 0.717) is 16.6 Å². The highest BCUT2D eigenvalue weighted by molar-refractivity contribution is 7.32. The first kappa shape index (κ1) is 21.8. The smallest absolute Gasteiger partial charge is 0.319 e. The summed E-state index contributed by atoms with van der Waals surface area (Å²) < 4.78 is 46.7. The number of amides is 1. The highest BCUT2D eigenvalue weighted by Gasteiger charge is 2.22. The van der Waals surface area contributed by atoms with Crippen LogP contribution in [0.1, 0.15) is 0 Å². The number of alkyl halides is 1. The maximum atomic E-state index is 13.6. The number of nitrogens with one attached hydrogen (secondary N) is 2. The van der Waals surface area contributed by atoms with Gasteiger partial charge in [0.05, 0.1) is 23.3 Å². The first-order chi connectivity index (χ1) is 14.3. The number of benzene rings is 2. The van der Waals surface area contributed by atoms with Crippen molar-refractivity contribution in [3.63, 3.8) is 0 Å². The lowest BCUT2D eigenvalue weighted by atomic mass is 10.2. The zero-order valence-electron chi connectivity index (χ0n) is 15.1. The molecule has 0 aliphatic rings. The quantitative estimate of drug-likeness (QED) is 0.457. The third kappa shape index (κ3) is 5.00. The summed E-state index contributed by atoms with van der Waals surface area (Å²) in [7, 11) is -2.32. The van der Waals surface area contributed by atoms with E-state index in [1.165, 1.54) is 43.8 Å². The Morgan fingerprint density at radius 3 is 2.73 bits per heavy atom. The van der Waals surface area contributed by atoms with Crippen LogP contribution in [0.2, 0.25) is 5.02 Å². The molecule has 0 aliphatic heterocycles. The molecule has 0 saturated heterocycles. The molecule has 0 saturated carbocycles. The number of anilines is 3. The fourth-order valence-corrected chi connectivity index (χ4v) is 2.96. The molecule has 0 bridgehead atoms. The van der Waals surface area contributed by atoms with Crippen LogP contribution in [0.25, 0.3) is 10.9 Å². The van der Waals surface area contributed by atoms with E-state index in [2.05, 4.69) is 25.1 Å². The van der Waals surface area contributed by atoms with Gasteiger partial charge in [-0.05, 0) is 24.3 Å². The monoisotopic (exact) mass is 458 g/mol. The fourth-order valence-electron chi connectivity index (χ4n) is 2.49. The minimum Gasteiger partial charge on any atom is -0.494 e. The van der Waals surface area contributed by atoms with E-state index in [1.54, 1.807) is 0 Å². The summed E-state index contributed by atoms with van der Waals surface area (Å²) >= 11 is 5.79. The first-order valence-corrected chi connectivity index (χ1v) is 9.82. The fraction of sp³-hybridized carbons (Fsp3) is 0.118. The molecule has 0 aliphatic carbocycles. The minimum atomic E-state index is -3.65. The molecule has 3 rings (SSSR count). The normalized spacial score (nSPS) is 13.0. The van der Waals surface area contributed by atoms with Crippen LogP contribution in [0.5, 0.6) is 5.75 Å². The second kappa shape index (κ2) is 9.31. The van der Waals surface area contributed by atoms with Crippen molar-refractivity contribution in [3.05, 3.63) is 47.5 Å². The zero-order valence-corrected chi connectivity index (χ0v) is 16.9. The van der Waals surface area contributed by atoms with Crippen LogP contribution in [-0.2, 0) is 13.9 Å². The Bertz CT molecular complexity index is 1140. The van der Waals surface area contributed by atoms with Gasteiger partial charge in [0.2, 0.25) is 0 Å². The van der Waals surface area contributed by atoms with E-state index in [4.69, 9.17) is 21.2 Å². The standard InChI is InChI=1S/C17H14ClF2N4O5P/c1-28-14-6-12-9(5-13(14)24-17(25)15(20)29-30(26)27)16(22-7-21-12)23-8-2-3-11(19)10(18)4-8/h2-7,15,30H,1H3,(H,24,25)(H,26,27)(H,21,22,23). The SMILES string of the molecule is COc1cc2ncnc(Nc3ccc(F)c(Cl)c3)c2cc1NC(=O)C(F)O[PH](=O)O. The van der Waals surface area contributed by atoms with Crippen LogP contribution in [0, 0.1) is 5.82 Å². The van der Waals surface area contributed by atoms with Crippen LogP contribution in [0.15, 0.2) is 36.7 Å². The number of hydrogen-bond donors (Lipinski definition) is 3. The summed E-state index contributed by atoms with van der Waals surface area (Å²) in [4.78, 5) is 28.8. The van der Waals surface area contributed by atoms with E-state index in [1.807, 2.05) is 0 Å². The van der Waals surface area contributed by atoms with Crippen molar-refractivity contribution < 1.29 is 32.3 Å². The largest absolute Gasteiger partial charge is 0.494 e. The van der Waals surface area contributed by atoms with Crippen LogP contribution in [0.4, 0.5) is 26.0 Å². The van der Waals surface area contributed by atoms with Gasteiger partial charge in [0.25, 0.3) is 12.3 Å². The molecule has 1 aromatic heterocycles. The number of carbonyl (C=O) groups excluding carboxylic acids is 1. The molecule has 3 aromatic rings. The maximum Gasteiger partial charge on any atom is 0.319 e. The summed E-state index contributed by atoms with van der Waals surface area (Å²) in [5, 5.41) is 5.48. The van der Waals surface area contributed by atoms with Gasteiger partial charge in [-0.3, -0.25) is 13.9 Å². The number of aromatic nitrogens is 2. The molecular weight excluding hydrogens is 445 g/mol. The van der Waals surface area contributed by atoms with Crippen LogP contribution in [-0.4, -0.2) is 34.2 Å². The van der Waals surface area contributed by atoms with Crippen LogP contribution < -0.4 is 15.4 Å².